The average molecular weight is 1630 g/mol. The van der Waals surface area contributed by atoms with E-state index in [0.29, 0.717) is 44.1 Å². The van der Waals surface area contributed by atoms with Gasteiger partial charge < -0.3 is 109 Å². The second-order valence-electron chi connectivity index (χ2n) is 29.6. The predicted molar refractivity (Wildman–Crippen MR) is 438 cm³/mol. The first-order valence-electron chi connectivity index (χ1n) is 40.7. The average Bonchev–Trinajstić information content (AvgIpc) is 0.848. The lowest BCUT2D eigenvalue weighted by Crippen LogP contribution is -2.61. The molecule has 0 heterocycles. The summed E-state index contributed by atoms with van der Waals surface area (Å²) in [5.74, 6) is -14.4. The second kappa shape index (κ2) is 59.6. The molecule has 0 radical (unpaired) electrons. The number of Topliss-reactive ketones (excluding diaryl/α,β-unsaturated/α-hetero) is 1. The minimum Gasteiger partial charge on any atom is -0.481 e. The number of hydrogen-bond donors (Lipinski definition) is 21. The van der Waals surface area contributed by atoms with Gasteiger partial charge in [0.05, 0.1) is 12.4 Å². The lowest BCUT2D eigenvalue weighted by molar-refractivity contribution is -0.138. The van der Waals surface area contributed by atoms with Crippen LogP contribution in [0.3, 0.4) is 0 Å². The molecule has 37 heteroatoms. The first-order valence-corrected chi connectivity index (χ1v) is 40.7. The number of aliphatic imine (C=N–C) groups is 2. The monoisotopic (exact) mass is 1620 g/mol. The summed E-state index contributed by atoms with van der Waals surface area (Å²) in [5.41, 5.74) is 40.1. The molecule has 0 saturated carbocycles. The van der Waals surface area contributed by atoms with E-state index >= 15 is 0 Å². The van der Waals surface area contributed by atoms with Gasteiger partial charge in [0.1, 0.15) is 72.2 Å². The molecule has 13 atom stereocenters. The van der Waals surface area contributed by atoms with E-state index in [0.717, 1.165) is 39.0 Å². The van der Waals surface area contributed by atoms with Crippen LogP contribution in [0.15, 0.2) is 40.3 Å². The minimum atomic E-state index is -1.85. The number of aliphatic carboxylic acids is 1. The van der Waals surface area contributed by atoms with Crippen molar-refractivity contribution in [3.8, 4) is 0 Å². The van der Waals surface area contributed by atoms with Gasteiger partial charge in [-0.3, -0.25) is 82.5 Å². The Balaban J connectivity index is 3.59. The smallest absolute Gasteiger partial charge is 0.303 e. The number of hydrogen-bond acceptors (Lipinski definition) is 19. The van der Waals surface area contributed by atoms with Gasteiger partial charge in [-0.15, -0.1) is 0 Å². The van der Waals surface area contributed by atoms with Crippen molar-refractivity contribution in [1.82, 2.24) is 58.5 Å². The summed E-state index contributed by atoms with van der Waals surface area (Å²) in [6.45, 7) is 10.3. The molecule has 0 spiro atoms. The molecule has 0 aliphatic carbocycles. The number of rotatable bonds is 65. The summed E-state index contributed by atoms with van der Waals surface area (Å²) in [6.07, 6.45) is 14.4. The van der Waals surface area contributed by atoms with E-state index in [2.05, 4.69) is 75.4 Å². The van der Waals surface area contributed by atoms with Crippen molar-refractivity contribution in [3.05, 3.63) is 35.9 Å². The van der Waals surface area contributed by atoms with Crippen molar-refractivity contribution >= 4 is 100 Å². The van der Waals surface area contributed by atoms with Crippen LogP contribution in [0.5, 0.6) is 0 Å². The van der Waals surface area contributed by atoms with Gasteiger partial charge >= 0.3 is 5.97 Å². The van der Waals surface area contributed by atoms with Crippen LogP contribution in [-0.4, -0.2) is 203 Å². The molecular formula is C78H137N21O16. The molecule has 28 N–H and O–H groups in total. The van der Waals surface area contributed by atoms with Crippen LogP contribution >= 0.6 is 0 Å². The number of amidine groups is 1. The standard InChI is InChI=1S/C78H137N21O16/c1-8-11-12-13-14-15-16-17-18-19-20-21-25-39-62(102)90-53(34-26-27-38-61(80)81)68(107)94-57(40-41-63(103)104)72(111)91-54(35-28-29-42-79)69(108)92-55(36-30-43-87-77(83)84)70(109)93-56(37-31-44-88-78(85)86)71(110)97-60(47-100)75(114)89-51(7)67(106)95-58(45-50(6)101)73(112)99-65(49(5)10-3)76(115)96-59(46-52-32-23-22-24-33-52)74(113)98-64(66(82)105)48(4)9-2/h22-24,32-33,48-49,51,53-60,64-65,100H,8-21,25-31,34-47,79H2,1-7H3,(H3,80,81)(H2,82,105)(H,89,114)(H,90,102)(H,91,111)(H,92,108)(H,93,109)(H,94,107)(H,95,106)(H,96,115)(H,97,110)(H,98,113)(H,99,112)(H,103,104)(H4,83,84,87)(H4,85,86,88). The summed E-state index contributed by atoms with van der Waals surface area (Å²) in [5, 5.41) is 56.3. The van der Waals surface area contributed by atoms with E-state index in [1.54, 1.807) is 51.1 Å². The van der Waals surface area contributed by atoms with E-state index in [9.17, 15) is 77.3 Å². The summed E-state index contributed by atoms with van der Waals surface area (Å²) in [6, 6.07) is -7.62. The number of nitrogens with zero attached hydrogens (tertiary/aromatic N) is 2. The predicted octanol–water partition coefficient (Wildman–Crippen LogP) is 0.209. The van der Waals surface area contributed by atoms with Gasteiger partial charge in [0.2, 0.25) is 70.9 Å². The molecule has 0 saturated heterocycles. The lowest BCUT2D eigenvalue weighted by atomic mass is 9.95. The number of carbonyl (C=O) groups is 14. The molecule has 0 aliphatic heterocycles. The molecule has 0 aromatic heterocycles. The van der Waals surface area contributed by atoms with E-state index in [1.165, 1.54) is 51.9 Å². The number of carbonyl (C=O) groups excluding carboxylic acids is 13. The van der Waals surface area contributed by atoms with Crippen LogP contribution in [0, 0.1) is 17.2 Å². The fraction of sp³-hybridized carbons (Fsp3) is 0.705. The number of nitrogens with one attached hydrogen (secondary N) is 12. The maximum Gasteiger partial charge on any atom is 0.303 e. The molecule has 1 aromatic rings. The number of nitrogens with two attached hydrogens (primary N) is 7. The highest BCUT2D eigenvalue weighted by atomic mass is 16.4. The van der Waals surface area contributed by atoms with Crippen molar-refractivity contribution < 1.29 is 77.3 Å². The second-order valence-corrected chi connectivity index (χ2v) is 29.6. The van der Waals surface area contributed by atoms with E-state index in [1.807, 2.05) is 6.92 Å². The molecule has 12 amide bonds. The zero-order valence-electron chi connectivity index (χ0n) is 68.7. The van der Waals surface area contributed by atoms with E-state index in [-0.39, 0.29) is 108 Å². The molecule has 650 valence electrons. The van der Waals surface area contributed by atoms with E-state index < -0.39 is 181 Å². The third-order valence-electron chi connectivity index (χ3n) is 19.6. The fourth-order valence-corrected chi connectivity index (χ4v) is 12.3. The fourth-order valence-electron chi connectivity index (χ4n) is 12.3. The van der Waals surface area contributed by atoms with Crippen LogP contribution in [0.2, 0.25) is 0 Å². The normalized spacial score (nSPS) is 14.4. The molecule has 0 fully saturated rings. The van der Waals surface area contributed by atoms with E-state index in [4.69, 9.17) is 45.5 Å². The van der Waals surface area contributed by atoms with Crippen LogP contribution < -0.4 is 98.6 Å². The summed E-state index contributed by atoms with van der Waals surface area (Å²) in [7, 11) is 0. The molecule has 13 unspecified atom stereocenters. The van der Waals surface area contributed by atoms with Crippen LogP contribution in [0.1, 0.15) is 247 Å². The van der Waals surface area contributed by atoms with Crippen LogP contribution in [0.25, 0.3) is 0 Å². The lowest BCUT2D eigenvalue weighted by Gasteiger charge is -2.29. The topological polar surface area (TPSA) is 642 Å². The molecule has 37 nitrogen and oxygen atoms in total. The molecule has 1 rings (SSSR count). The maximum atomic E-state index is 14.7. The number of aliphatic hydroxyl groups is 1. The number of amides is 12. The molecule has 0 bridgehead atoms. The Morgan fingerprint density at radius 1 is 0.409 bits per heavy atom. The molecule has 0 aliphatic rings. The Morgan fingerprint density at radius 2 is 0.791 bits per heavy atom. The molecule has 115 heavy (non-hydrogen) atoms. The van der Waals surface area contributed by atoms with Crippen molar-refractivity contribution in [1.29, 1.82) is 5.41 Å². The van der Waals surface area contributed by atoms with Gasteiger partial charge in [0.15, 0.2) is 11.9 Å². The Morgan fingerprint density at radius 3 is 1.23 bits per heavy atom. The van der Waals surface area contributed by atoms with Crippen molar-refractivity contribution in [3.63, 3.8) is 0 Å². The number of aliphatic hydroxyl groups excluding tert-OH is 1. The van der Waals surface area contributed by atoms with Gasteiger partial charge in [0.25, 0.3) is 0 Å². The van der Waals surface area contributed by atoms with Crippen molar-refractivity contribution in [2.45, 2.75) is 314 Å². The first kappa shape index (κ1) is 103. The van der Waals surface area contributed by atoms with Gasteiger partial charge in [-0.25, -0.2) is 0 Å². The zero-order chi connectivity index (χ0) is 86.4. The Bertz CT molecular complexity index is 3270. The van der Waals surface area contributed by atoms with Gasteiger partial charge in [-0.05, 0) is 108 Å². The van der Waals surface area contributed by atoms with Crippen LogP contribution in [0.4, 0.5) is 0 Å². The zero-order valence-corrected chi connectivity index (χ0v) is 68.7. The van der Waals surface area contributed by atoms with Crippen LogP contribution in [-0.2, 0) is 73.5 Å². The highest BCUT2D eigenvalue weighted by molar-refractivity contribution is 6.00. The summed E-state index contributed by atoms with van der Waals surface area (Å²) in [4.78, 5) is 201. The highest BCUT2D eigenvalue weighted by Crippen LogP contribution is 2.18. The van der Waals surface area contributed by atoms with Crippen molar-refractivity contribution in [2.24, 2.45) is 62.0 Å². The maximum absolute atomic E-state index is 14.7. The number of carboxylic acid groups (broad SMARTS) is 1. The number of carboxylic acids is 1. The molecule has 1 aromatic carbocycles. The minimum absolute atomic E-state index is 0.00662. The number of ketones is 1. The Hall–Kier alpha value is -10.1. The number of primary amides is 1. The van der Waals surface area contributed by atoms with Gasteiger partial charge in [-0.1, -0.05) is 161 Å². The number of unbranched alkanes of at least 4 members (excludes halogenated alkanes) is 14. The summed E-state index contributed by atoms with van der Waals surface area (Å²) < 4.78 is 0. The largest absolute Gasteiger partial charge is 0.481 e. The SMILES string of the molecule is CCCCCCCCCCCCCCCC(=O)NC(CCCCC(=N)N)C(=O)NC(CCC(=O)O)C(=O)NC(CCCCN)C(=O)NC(CCCN=C(N)N)C(=O)NC(CCCN=C(N)N)C(=O)NC(CO)C(=O)NC(C)C(=O)NC(CC(C)=O)C(=O)NC(C(=O)NC(Cc1ccccc1)C(=O)NC(C(N)=O)C(C)CC)C(C)CC. The quantitative estimate of drug-likeness (QED) is 0.0235. The van der Waals surface area contributed by atoms with Gasteiger partial charge in [0, 0.05) is 45.2 Å². The number of guanidine groups is 2. The first-order chi connectivity index (χ1) is 54.6. The third-order valence-corrected chi connectivity index (χ3v) is 19.6. The third kappa shape index (κ3) is 45.6. The summed E-state index contributed by atoms with van der Waals surface area (Å²) >= 11 is 0. The Kier molecular flexibility index (Phi) is 53.3. The van der Waals surface area contributed by atoms with Crippen molar-refractivity contribution in [2.75, 3.05) is 26.2 Å². The number of benzene rings is 1. The molecular weight excluding hydrogens is 1490 g/mol. The highest BCUT2D eigenvalue weighted by Gasteiger charge is 2.38. The van der Waals surface area contributed by atoms with Gasteiger partial charge in [-0.2, -0.15) is 0 Å². The Labute approximate surface area is 676 Å².